The Morgan fingerprint density at radius 3 is 1.76 bits per heavy atom. The fourth-order valence-electron chi connectivity index (χ4n) is 1.91. The number of hydrogen-bond acceptors (Lipinski definition) is 0. The van der Waals surface area contributed by atoms with Gasteiger partial charge in [-0.25, -0.2) is 5.11 Å². The van der Waals surface area contributed by atoms with Crippen LogP contribution in [0, 0.1) is 0 Å². The second kappa shape index (κ2) is 5.46. The van der Waals surface area contributed by atoms with Crippen molar-refractivity contribution in [3.05, 3.63) is 71.8 Å². The molecule has 0 amide bonds. The van der Waals surface area contributed by atoms with Gasteiger partial charge in [0.05, 0.1) is 0 Å². The van der Waals surface area contributed by atoms with Gasteiger partial charge in [-0.15, -0.1) is 0 Å². The Balaban J connectivity index is 2.48. The first-order chi connectivity index (χ1) is 8.33. The SMILES string of the molecule is C/C(=C(/C[O])c1ccccc1)c1ccccc1. The molecule has 0 aliphatic rings. The highest BCUT2D eigenvalue weighted by molar-refractivity contribution is 5.90. The number of benzene rings is 2. The van der Waals surface area contributed by atoms with E-state index in [-0.39, 0.29) is 6.61 Å². The molecule has 0 unspecified atom stereocenters. The van der Waals surface area contributed by atoms with Gasteiger partial charge < -0.3 is 0 Å². The molecule has 0 aromatic heterocycles. The van der Waals surface area contributed by atoms with Crippen LogP contribution < -0.4 is 0 Å². The maximum Gasteiger partial charge on any atom is 0.108 e. The van der Waals surface area contributed by atoms with Crippen molar-refractivity contribution in [2.75, 3.05) is 6.61 Å². The lowest BCUT2D eigenvalue weighted by molar-refractivity contribution is 0.239. The summed E-state index contributed by atoms with van der Waals surface area (Å²) in [4.78, 5) is 0. The molecule has 0 aliphatic heterocycles. The standard InChI is InChI=1S/C16H15O/c1-13(14-8-4-2-5-9-14)16(12-17)15-10-6-3-7-11-15/h2-11H,12H2,1H3/b16-13+. The van der Waals surface area contributed by atoms with Crippen LogP contribution in [0.5, 0.6) is 0 Å². The van der Waals surface area contributed by atoms with Gasteiger partial charge in [-0.2, -0.15) is 0 Å². The molecule has 2 aromatic rings. The zero-order valence-corrected chi connectivity index (χ0v) is 9.89. The van der Waals surface area contributed by atoms with E-state index in [1.807, 2.05) is 67.6 Å². The van der Waals surface area contributed by atoms with Crippen LogP contribution in [-0.4, -0.2) is 6.61 Å². The molecule has 2 aromatic carbocycles. The Labute approximate surface area is 102 Å². The molecule has 17 heavy (non-hydrogen) atoms. The first-order valence-electron chi connectivity index (χ1n) is 5.71. The van der Waals surface area contributed by atoms with E-state index in [9.17, 15) is 5.11 Å². The highest BCUT2D eigenvalue weighted by atomic mass is 16.3. The third kappa shape index (κ3) is 2.63. The average molecular weight is 223 g/mol. The van der Waals surface area contributed by atoms with Gasteiger partial charge in [-0.1, -0.05) is 60.7 Å². The predicted molar refractivity (Wildman–Crippen MR) is 70.9 cm³/mol. The van der Waals surface area contributed by atoms with Crippen molar-refractivity contribution < 1.29 is 5.11 Å². The molecular weight excluding hydrogens is 208 g/mol. The van der Waals surface area contributed by atoms with E-state index in [2.05, 4.69) is 0 Å². The molecular formula is C16H15O. The van der Waals surface area contributed by atoms with E-state index in [1.165, 1.54) is 0 Å². The van der Waals surface area contributed by atoms with Gasteiger partial charge in [0.25, 0.3) is 0 Å². The van der Waals surface area contributed by atoms with Crippen molar-refractivity contribution >= 4 is 11.1 Å². The fourth-order valence-corrected chi connectivity index (χ4v) is 1.91. The van der Waals surface area contributed by atoms with Gasteiger partial charge in [0.15, 0.2) is 0 Å². The summed E-state index contributed by atoms with van der Waals surface area (Å²) in [7, 11) is 0. The number of hydrogen-bond donors (Lipinski definition) is 0. The number of allylic oxidation sites excluding steroid dienone is 1. The smallest absolute Gasteiger partial charge is 0.108 e. The summed E-state index contributed by atoms with van der Waals surface area (Å²) < 4.78 is 0. The molecule has 0 atom stereocenters. The van der Waals surface area contributed by atoms with Crippen molar-refractivity contribution in [3.63, 3.8) is 0 Å². The van der Waals surface area contributed by atoms with Crippen LogP contribution in [0.4, 0.5) is 0 Å². The van der Waals surface area contributed by atoms with E-state index in [1.54, 1.807) is 0 Å². The van der Waals surface area contributed by atoms with Crippen LogP contribution in [0.2, 0.25) is 0 Å². The molecule has 0 heterocycles. The van der Waals surface area contributed by atoms with Crippen LogP contribution >= 0.6 is 0 Å². The molecule has 0 saturated heterocycles. The first kappa shape index (κ1) is 11.6. The molecule has 0 N–H and O–H groups in total. The number of rotatable bonds is 3. The van der Waals surface area contributed by atoms with Crippen LogP contribution in [-0.2, 0) is 5.11 Å². The van der Waals surface area contributed by atoms with Crippen LogP contribution in [0.3, 0.4) is 0 Å². The topological polar surface area (TPSA) is 19.9 Å². The van der Waals surface area contributed by atoms with E-state index in [0.717, 1.165) is 22.3 Å². The highest BCUT2D eigenvalue weighted by Gasteiger charge is 2.06. The maximum absolute atomic E-state index is 11.4. The average Bonchev–Trinajstić information content (AvgIpc) is 2.42. The summed E-state index contributed by atoms with van der Waals surface area (Å²) >= 11 is 0. The summed E-state index contributed by atoms with van der Waals surface area (Å²) in [5.74, 6) is 0. The molecule has 85 valence electrons. The van der Waals surface area contributed by atoms with Crippen molar-refractivity contribution in [2.45, 2.75) is 6.92 Å². The van der Waals surface area contributed by atoms with E-state index < -0.39 is 0 Å². The summed E-state index contributed by atoms with van der Waals surface area (Å²) in [6, 6.07) is 19.9. The molecule has 2 rings (SSSR count). The Hall–Kier alpha value is -1.86. The van der Waals surface area contributed by atoms with Gasteiger partial charge in [-0.3, -0.25) is 0 Å². The molecule has 1 nitrogen and oxygen atoms in total. The predicted octanol–water partition coefficient (Wildman–Crippen LogP) is 4.05. The van der Waals surface area contributed by atoms with E-state index in [4.69, 9.17) is 0 Å². The molecule has 0 aliphatic carbocycles. The first-order valence-corrected chi connectivity index (χ1v) is 5.71. The van der Waals surface area contributed by atoms with Crippen LogP contribution in [0.15, 0.2) is 60.7 Å². The Morgan fingerprint density at radius 2 is 1.29 bits per heavy atom. The fraction of sp³-hybridized carbons (Fsp3) is 0.125. The quantitative estimate of drug-likeness (QED) is 0.700. The minimum absolute atomic E-state index is 0.190. The monoisotopic (exact) mass is 223 g/mol. The minimum atomic E-state index is -0.190. The third-order valence-electron chi connectivity index (χ3n) is 2.93. The van der Waals surface area contributed by atoms with Crippen molar-refractivity contribution in [1.82, 2.24) is 0 Å². The van der Waals surface area contributed by atoms with Crippen molar-refractivity contribution in [1.29, 1.82) is 0 Å². The van der Waals surface area contributed by atoms with Gasteiger partial charge in [-0.05, 0) is 29.2 Å². The Morgan fingerprint density at radius 1 is 0.824 bits per heavy atom. The van der Waals surface area contributed by atoms with Gasteiger partial charge in [0.1, 0.15) is 6.61 Å². The van der Waals surface area contributed by atoms with Gasteiger partial charge >= 0.3 is 0 Å². The zero-order chi connectivity index (χ0) is 12.1. The van der Waals surface area contributed by atoms with Crippen molar-refractivity contribution in [3.8, 4) is 0 Å². The minimum Gasteiger partial charge on any atom is -0.232 e. The summed E-state index contributed by atoms with van der Waals surface area (Å²) in [5.41, 5.74) is 4.06. The Kier molecular flexibility index (Phi) is 3.73. The highest BCUT2D eigenvalue weighted by Crippen LogP contribution is 2.25. The maximum atomic E-state index is 11.4. The normalized spacial score (nSPS) is 12.1. The van der Waals surface area contributed by atoms with Crippen molar-refractivity contribution in [2.24, 2.45) is 0 Å². The zero-order valence-electron chi connectivity index (χ0n) is 9.89. The molecule has 1 heteroatoms. The lowest BCUT2D eigenvalue weighted by atomic mass is 9.96. The van der Waals surface area contributed by atoms with Gasteiger partial charge in [0.2, 0.25) is 0 Å². The summed E-state index contributed by atoms with van der Waals surface area (Å²) in [6.07, 6.45) is 0. The summed E-state index contributed by atoms with van der Waals surface area (Å²) in [6.45, 7) is 1.82. The molecule has 0 saturated carbocycles. The van der Waals surface area contributed by atoms with E-state index >= 15 is 0 Å². The molecule has 0 spiro atoms. The second-order valence-electron chi connectivity index (χ2n) is 3.98. The largest absolute Gasteiger partial charge is 0.232 e. The lowest BCUT2D eigenvalue weighted by Gasteiger charge is -2.09. The lowest BCUT2D eigenvalue weighted by Crippen LogP contribution is -1.93. The molecule has 0 bridgehead atoms. The summed E-state index contributed by atoms with van der Waals surface area (Å²) in [5, 5.41) is 11.4. The Bertz CT molecular complexity index is 498. The second-order valence-corrected chi connectivity index (χ2v) is 3.98. The van der Waals surface area contributed by atoms with E-state index in [0.29, 0.717) is 0 Å². The van der Waals surface area contributed by atoms with Crippen LogP contribution in [0.1, 0.15) is 18.1 Å². The van der Waals surface area contributed by atoms with Gasteiger partial charge in [0, 0.05) is 0 Å². The van der Waals surface area contributed by atoms with Crippen LogP contribution in [0.25, 0.3) is 11.1 Å². The molecule has 0 fully saturated rings. The third-order valence-corrected chi connectivity index (χ3v) is 2.93. The molecule has 1 radical (unpaired) electrons.